The quantitative estimate of drug-likeness (QED) is 0.735. The molecular weight excluding hydrogens is 210 g/mol. The molecule has 17 heavy (non-hydrogen) atoms. The third kappa shape index (κ3) is 2.93. The van der Waals surface area contributed by atoms with Crippen LogP contribution in [0.1, 0.15) is 32.0 Å². The van der Waals surface area contributed by atoms with Gasteiger partial charge in [-0.1, -0.05) is 50.1 Å². The van der Waals surface area contributed by atoms with E-state index in [4.69, 9.17) is 0 Å². The zero-order chi connectivity index (χ0) is 12.1. The molecule has 89 valence electrons. The summed E-state index contributed by atoms with van der Waals surface area (Å²) in [6.45, 7) is 2.20. The molecule has 3 nitrogen and oxygen atoms in total. The Morgan fingerprint density at radius 1 is 1.18 bits per heavy atom. The summed E-state index contributed by atoms with van der Waals surface area (Å²) >= 11 is 0. The molecule has 1 radical (unpaired) electrons. The topological polar surface area (TPSA) is 30.7 Å². The van der Waals surface area contributed by atoms with E-state index in [2.05, 4.69) is 24.1 Å². The van der Waals surface area contributed by atoms with E-state index in [0.717, 1.165) is 30.1 Å². The van der Waals surface area contributed by atoms with Crippen LogP contribution in [0.3, 0.4) is 0 Å². The Labute approximate surface area is 103 Å². The van der Waals surface area contributed by atoms with Crippen LogP contribution in [0.15, 0.2) is 30.3 Å². The first kappa shape index (κ1) is 11.8. The molecule has 1 aromatic heterocycles. The summed E-state index contributed by atoms with van der Waals surface area (Å²) < 4.78 is 1.65. The van der Waals surface area contributed by atoms with Gasteiger partial charge in [-0.2, -0.15) is 5.10 Å². The lowest BCUT2D eigenvalue weighted by atomic mass is 10.2. The van der Waals surface area contributed by atoms with Crippen LogP contribution in [0, 0.1) is 7.05 Å². The summed E-state index contributed by atoms with van der Waals surface area (Å²) in [5.41, 5.74) is 1.05. The van der Waals surface area contributed by atoms with Gasteiger partial charge in [-0.3, -0.25) is 0 Å². The minimum atomic E-state index is 0.770. The van der Waals surface area contributed by atoms with Crippen molar-refractivity contribution in [3.05, 3.63) is 43.2 Å². The highest BCUT2D eigenvalue weighted by molar-refractivity contribution is 5.54. The molecule has 2 rings (SSSR count). The predicted octanol–water partition coefficient (Wildman–Crippen LogP) is 3.32. The van der Waals surface area contributed by atoms with E-state index in [9.17, 15) is 0 Å². The van der Waals surface area contributed by atoms with Crippen molar-refractivity contribution in [1.82, 2.24) is 14.8 Å². The number of hydrogen-bond acceptors (Lipinski definition) is 2. The van der Waals surface area contributed by atoms with E-state index < -0.39 is 0 Å². The Morgan fingerprint density at radius 3 is 2.65 bits per heavy atom. The average molecular weight is 228 g/mol. The van der Waals surface area contributed by atoms with E-state index in [1.807, 2.05) is 30.3 Å². The average Bonchev–Trinajstić information content (AvgIpc) is 2.73. The fraction of sp³-hybridized carbons (Fsp3) is 0.357. The van der Waals surface area contributed by atoms with E-state index in [1.54, 1.807) is 4.68 Å². The van der Waals surface area contributed by atoms with Crippen molar-refractivity contribution >= 4 is 0 Å². The number of rotatable bonds is 5. The first-order chi connectivity index (χ1) is 8.31. The van der Waals surface area contributed by atoms with Crippen LogP contribution in [0.25, 0.3) is 11.4 Å². The molecule has 0 saturated heterocycles. The van der Waals surface area contributed by atoms with Gasteiger partial charge in [0.15, 0.2) is 5.82 Å². The highest BCUT2D eigenvalue weighted by atomic mass is 15.3. The molecule has 0 amide bonds. The van der Waals surface area contributed by atoms with Crippen LogP contribution in [-0.2, 0) is 6.42 Å². The van der Waals surface area contributed by atoms with Gasteiger partial charge in [0.1, 0.15) is 5.82 Å². The zero-order valence-electron chi connectivity index (χ0n) is 10.3. The monoisotopic (exact) mass is 228 g/mol. The number of benzene rings is 1. The molecule has 0 N–H and O–H groups in total. The van der Waals surface area contributed by atoms with Crippen molar-refractivity contribution in [1.29, 1.82) is 0 Å². The fourth-order valence-electron chi connectivity index (χ4n) is 1.80. The Balaban J connectivity index is 2.13. The summed E-state index contributed by atoms with van der Waals surface area (Å²) in [7, 11) is 3.89. The molecule has 0 aliphatic carbocycles. The number of aryl methyl sites for hydroxylation is 1. The lowest BCUT2D eigenvalue weighted by Gasteiger charge is -1.97. The molecule has 0 aliphatic rings. The fourth-order valence-corrected chi connectivity index (χ4v) is 1.80. The molecule has 0 atom stereocenters. The highest BCUT2D eigenvalue weighted by Gasteiger charge is 2.08. The molecule has 1 heterocycles. The number of nitrogens with zero attached hydrogens (tertiary/aromatic N) is 3. The summed E-state index contributed by atoms with van der Waals surface area (Å²) in [6.07, 6.45) is 4.56. The minimum Gasteiger partial charge on any atom is -0.248 e. The summed E-state index contributed by atoms with van der Waals surface area (Å²) in [5, 5.41) is 4.35. The first-order valence-electron chi connectivity index (χ1n) is 6.13. The number of aromatic nitrogens is 3. The zero-order valence-corrected chi connectivity index (χ0v) is 10.3. The maximum Gasteiger partial charge on any atom is 0.181 e. The van der Waals surface area contributed by atoms with Gasteiger partial charge >= 0.3 is 0 Å². The van der Waals surface area contributed by atoms with Crippen molar-refractivity contribution in [2.24, 2.45) is 0 Å². The van der Waals surface area contributed by atoms with Gasteiger partial charge in [0.25, 0.3) is 0 Å². The van der Waals surface area contributed by atoms with Gasteiger partial charge in [-0.05, 0) is 6.42 Å². The molecule has 0 aliphatic heterocycles. The lowest BCUT2D eigenvalue weighted by molar-refractivity contribution is 0.672. The Kier molecular flexibility index (Phi) is 3.91. The van der Waals surface area contributed by atoms with Crippen molar-refractivity contribution in [3.63, 3.8) is 0 Å². The van der Waals surface area contributed by atoms with Crippen LogP contribution < -0.4 is 0 Å². The molecule has 1 aromatic carbocycles. The van der Waals surface area contributed by atoms with Crippen molar-refractivity contribution < 1.29 is 0 Å². The van der Waals surface area contributed by atoms with E-state index in [-0.39, 0.29) is 0 Å². The normalized spacial score (nSPS) is 10.7. The van der Waals surface area contributed by atoms with Crippen LogP contribution in [-0.4, -0.2) is 14.8 Å². The van der Waals surface area contributed by atoms with Gasteiger partial charge in [-0.15, -0.1) is 0 Å². The van der Waals surface area contributed by atoms with Gasteiger partial charge in [-0.25, -0.2) is 9.67 Å². The SMILES string of the molecule is [CH2]n1nc(-c2ccccc2)nc1CCCCC. The second-order valence-electron chi connectivity index (χ2n) is 4.17. The Hall–Kier alpha value is -1.64. The number of unbranched alkanes of at least 4 members (excludes halogenated alkanes) is 2. The third-order valence-electron chi connectivity index (χ3n) is 2.78. The van der Waals surface area contributed by atoms with Crippen LogP contribution >= 0.6 is 0 Å². The van der Waals surface area contributed by atoms with Crippen molar-refractivity contribution in [3.8, 4) is 11.4 Å². The van der Waals surface area contributed by atoms with Crippen molar-refractivity contribution in [2.45, 2.75) is 32.6 Å². The van der Waals surface area contributed by atoms with Crippen LogP contribution in [0.2, 0.25) is 0 Å². The van der Waals surface area contributed by atoms with Gasteiger partial charge < -0.3 is 0 Å². The second-order valence-corrected chi connectivity index (χ2v) is 4.17. The Morgan fingerprint density at radius 2 is 1.94 bits per heavy atom. The lowest BCUT2D eigenvalue weighted by Crippen LogP contribution is -1.97. The molecule has 0 spiro atoms. The predicted molar refractivity (Wildman–Crippen MR) is 69.4 cm³/mol. The molecular formula is C14H18N3. The van der Waals surface area contributed by atoms with Crippen LogP contribution in [0.5, 0.6) is 0 Å². The van der Waals surface area contributed by atoms with E-state index in [0.29, 0.717) is 0 Å². The van der Waals surface area contributed by atoms with Gasteiger partial charge in [0, 0.05) is 12.0 Å². The van der Waals surface area contributed by atoms with Crippen LogP contribution in [0.4, 0.5) is 0 Å². The summed E-state index contributed by atoms with van der Waals surface area (Å²) in [5.74, 6) is 1.74. The van der Waals surface area contributed by atoms with E-state index >= 15 is 0 Å². The molecule has 3 heteroatoms. The van der Waals surface area contributed by atoms with Gasteiger partial charge in [0.05, 0.1) is 7.05 Å². The molecule has 0 fully saturated rings. The summed E-state index contributed by atoms with van der Waals surface area (Å²) in [6, 6.07) is 10.0. The van der Waals surface area contributed by atoms with E-state index in [1.165, 1.54) is 12.8 Å². The summed E-state index contributed by atoms with van der Waals surface area (Å²) in [4.78, 5) is 4.54. The maximum absolute atomic E-state index is 4.54. The smallest absolute Gasteiger partial charge is 0.181 e. The van der Waals surface area contributed by atoms with Crippen molar-refractivity contribution in [2.75, 3.05) is 0 Å². The number of hydrogen-bond donors (Lipinski definition) is 0. The maximum atomic E-state index is 4.54. The Bertz CT molecular complexity index is 460. The third-order valence-corrected chi connectivity index (χ3v) is 2.78. The first-order valence-corrected chi connectivity index (χ1v) is 6.13. The molecule has 0 unspecified atom stereocenters. The minimum absolute atomic E-state index is 0.770. The molecule has 0 bridgehead atoms. The molecule has 2 aromatic rings. The molecule has 0 saturated carbocycles. The highest BCUT2D eigenvalue weighted by Crippen LogP contribution is 2.15. The standard InChI is InChI=1S/C14H18N3/c1-3-4-6-11-13-15-14(16-17(13)2)12-9-7-5-8-10-12/h5,7-10H,2-4,6,11H2,1H3. The largest absolute Gasteiger partial charge is 0.248 e. The van der Waals surface area contributed by atoms with Gasteiger partial charge in [0.2, 0.25) is 0 Å². The second kappa shape index (κ2) is 5.62.